The van der Waals surface area contributed by atoms with Gasteiger partial charge in [-0.3, -0.25) is 0 Å². The van der Waals surface area contributed by atoms with E-state index in [4.69, 9.17) is 0 Å². The van der Waals surface area contributed by atoms with Crippen LogP contribution >= 0.6 is 11.8 Å². The number of rotatable bonds is 4. The average molecular weight is 311 g/mol. The topological polar surface area (TPSA) is 0 Å². The van der Waals surface area contributed by atoms with Crippen LogP contribution in [0.2, 0.25) is 49.4 Å². The van der Waals surface area contributed by atoms with E-state index in [1.54, 1.807) is 0 Å². The molecule has 0 N–H and O–H groups in total. The summed E-state index contributed by atoms with van der Waals surface area (Å²) in [4.78, 5) is 1.48. The fourth-order valence-corrected chi connectivity index (χ4v) is 19.5. The third-order valence-electron chi connectivity index (χ3n) is 5.73. The fraction of sp³-hybridized carbons (Fsp3) is 0.562. The Labute approximate surface area is 141 Å². The van der Waals surface area contributed by atoms with Crippen LogP contribution < -0.4 is 18.9 Å². The SMILES string of the molecule is C[Si](C)(C)C12[C-]3C1(Sc1ccccc1)C32[Si](C)(C)C.[Li+]. The smallest absolute Gasteiger partial charge is 0.302 e. The molecule has 5 rings (SSSR count). The Morgan fingerprint density at radius 1 is 0.850 bits per heavy atom. The van der Waals surface area contributed by atoms with E-state index in [9.17, 15) is 0 Å². The number of benzene rings is 1. The van der Waals surface area contributed by atoms with Gasteiger partial charge in [0.2, 0.25) is 0 Å². The fourth-order valence-electron chi connectivity index (χ4n) is 5.32. The first kappa shape index (κ1) is 15.5. The maximum absolute atomic E-state index is 2.59. The zero-order chi connectivity index (χ0) is 13.9. The predicted molar refractivity (Wildman–Crippen MR) is 90.4 cm³/mol. The van der Waals surface area contributed by atoms with E-state index >= 15 is 0 Å². The van der Waals surface area contributed by atoms with Gasteiger partial charge in [-0.25, -0.2) is 0 Å². The molecule has 4 fully saturated rings. The van der Waals surface area contributed by atoms with Crippen molar-refractivity contribution < 1.29 is 18.9 Å². The Morgan fingerprint density at radius 3 is 1.65 bits per heavy atom. The molecule has 0 amide bonds. The Morgan fingerprint density at radius 2 is 1.30 bits per heavy atom. The van der Waals surface area contributed by atoms with Gasteiger partial charge in [-0.15, -0.1) is 0 Å². The standard InChI is InChI=1S/C16H23SSi2.Li/c1-18(2,3)15-13-14(15,16(13,15)19(4,5)6)17-12-10-8-7-9-11-12;/h7-11H,1-6H3;/q-1;+1. The number of thioether (sulfide) groups is 1. The molecule has 0 aromatic heterocycles. The molecule has 20 heavy (non-hydrogen) atoms. The van der Waals surface area contributed by atoms with Crippen LogP contribution in [0, 0.1) is 5.92 Å². The van der Waals surface area contributed by atoms with Gasteiger partial charge in [-0.05, 0) is 12.1 Å². The molecule has 0 bridgehead atoms. The second kappa shape index (κ2) is 3.74. The molecule has 102 valence electrons. The van der Waals surface area contributed by atoms with E-state index in [1.807, 2.05) is 5.92 Å². The Hall–Kier alpha value is 0.601. The summed E-state index contributed by atoms with van der Waals surface area (Å²) in [5, 5.41) is 1.50. The Balaban J connectivity index is 0.00000121. The zero-order valence-corrected chi connectivity index (χ0v) is 16.6. The van der Waals surface area contributed by atoms with Crippen molar-refractivity contribution in [3.63, 3.8) is 0 Å². The molecule has 4 heteroatoms. The van der Waals surface area contributed by atoms with Gasteiger partial charge in [0.15, 0.2) is 0 Å². The van der Waals surface area contributed by atoms with Crippen molar-refractivity contribution in [1.29, 1.82) is 0 Å². The van der Waals surface area contributed by atoms with E-state index in [0.717, 1.165) is 10.1 Å². The normalized spacial score (nSPS) is 40.7. The van der Waals surface area contributed by atoms with E-state index in [-0.39, 0.29) is 18.9 Å². The molecular weight excluding hydrogens is 287 g/mol. The molecule has 0 heterocycles. The molecule has 4 saturated carbocycles. The third kappa shape index (κ3) is 1.22. The van der Waals surface area contributed by atoms with E-state index < -0.39 is 16.1 Å². The molecule has 2 unspecified atom stereocenters. The monoisotopic (exact) mass is 310 g/mol. The van der Waals surface area contributed by atoms with Crippen LogP contribution in [0.5, 0.6) is 0 Å². The van der Waals surface area contributed by atoms with Crippen molar-refractivity contribution in [2.24, 2.45) is 0 Å². The van der Waals surface area contributed by atoms with Gasteiger partial charge in [0.1, 0.15) is 0 Å². The molecule has 0 nitrogen and oxygen atoms in total. The van der Waals surface area contributed by atoms with Crippen molar-refractivity contribution in [1.82, 2.24) is 0 Å². The van der Waals surface area contributed by atoms with E-state index in [1.165, 1.54) is 4.90 Å². The Bertz CT molecular complexity index is 546. The van der Waals surface area contributed by atoms with Crippen molar-refractivity contribution in [3.8, 4) is 0 Å². The summed E-state index contributed by atoms with van der Waals surface area (Å²) in [7, 11) is -2.14. The third-order valence-corrected chi connectivity index (χ3v) is 14.5. The summed E-state index contributed by atoms with van der Waals surface area (Å²) in [6.45, 7) is 15.6. The second-order valence-corrected chi connectivity index (χ2v) is 20.3. The molecule has 4 aliphatic carbocycles. The summed E-state index contributed by atoms with van der Waals surface area (Å²) < 4.78 is 0.621. The van der Waals surface area contributed by atoms with Crippen molar-refractivity contribution in [2.45, 2.75) is 59.0 Å². The van der Waals surface area contributed by atoms with Gasteiger partial charge in [-0.1, -0.05) is 57.5 Å². The molecule has 0 radical (unpaired) electrons. The number of hydrogen-bond donors (Lipinski definition) is 0. The van der Waals surface area contributed by atoms with Crippen LogP contribution in [0.4, 0.5) is 0 Å². The van der Waals surface area contributed by atoms with Gasteiger partial charge >= 0.3 is 18.9 Å². The van der Waals surface area contributed by atoms with Gasteiger partial charge in [0.25, 0.3) is 0 Å². The molecule has 0 saturated heterocycles. The molecule has 0 spiro atoms. The van der Waals surface area contributed by atoms with Gasteiger partial charge < -0.3 is 5.92 Å². The molecule has 1 aromatic rings. The van der Waals surface area contributed by atoms with Crippen LogP contribution in [0.25, 0.3) is 0 Å². The van der Waals surface area contributed by atoms with Gasteiger partial charge in [-0.2, -0.15) is 26.6 Å². The van der Waals surface area contributed by atoms with Crippen molar-refractivity contribution in [3.05, 3.63) is 36.2 Å². The summed E-state index contributed by atoms with van der Waals surface area (Å²) in [6, 6.07) is 11.1. The molecular formula is C16H23LiSSi2. The number of hydrogen-bond acceptors (Lipinski definition) is 1. The molecule has 4 aliphatic rings. The largest absolute Gasteiger partial charge is 1.00 e. The summed E-state index contributed by atoms with van der Waals surface area (Å²) in [5.74, 6) is 2.00. The summed E-state index contributed by atoms with van der Waals surface area (Å²) in [6.07, 6.45) is 0. The van der Waals surface area contributed by atoms with E-state index in [2.05, 4.69) is 81.4 Å². The minimum Gasteiger partial charge on any atom is -0.302 e. The summed E-state index contributed by atoms with van der Waals surface area (Å²) >= 11 is 2.21. The van der Waals surface area contributed by atoms with Crippen LogP contribution in [0.1, 0.15) is 0 Å². The Kier molecular flexibility index (Phi) is 2.90. The first-order chi connectivity index (χ1) is 8.69. The minimum atomic E-state index is -1.07. The molecule has 0 aliphatic heterocycles. The van der Waals surface area contributed by atoms with Crippen LogP contribution in [-0.2, 0) is 0 Å². The molecule has 2 atom stereocenters. The first-order valence-electron chi connectivity index (χ1n) is 7.32. The van der Waals surface area contributed by atoms with Crippen LogP contribution in [0.15, 0.2) is 35.2 Å². The average Bonchev–Trinajstić information content (AvgIpc) is 3.12. The maximum Gasteiger partial charge on any atom is 1.00 e. The second-order valence-electron chi connectivity index (χ2n) is 8.47. The van der Waals surface area contributed by atoms with Gasteiger partial charge in [0, 0.05) is 21.0 Å². The zero-order valence-electron chi connectivity index (χ0n) is 13.8. The van der Waals surface area contributed by atoms with Crippen LogP contribution in [-0.4, -0.2) is 20.9 Å². The summed E-state index contributed by atoms with van der Waals surface area (Å²) in [5.41, 5.74) is 0. The first-order valence-corrected chi connectivity index (χ1v) is 15.1. The van der Waals surface area contributed by atoms with Crippen molar-refractivity contribution >= 4 is 27.9 Å². The minimum absolute atomic E-state index is 0. The van der Waals surface area contributed by atoms with Crippen LogP contribution in [0.3, 0.4) is 0 Å². The quantitative estimate of drug-likeness (QED) is 0.607. The van der Waals surface area contributed by atoms with E-state index in [0.29, 0.717) is 4.75 Å². The van der Waals surface area contributed by atoms with Gasteiger partial charge in [0.05, 0.1) is 0 Å². The molecule has 1 aromatic carbocycles. The maximum atomic E-state index is 2.59. The van der Waals surface area contributed by atoms with Crippen molar-refractivity contribution in [2.75, 3.05) is 0 Å². The predicted octanol–water partition coefficient (Wildman–Crippen LogP) is 2.29.